The molecule has 5 heterocycles. The monoisotopic (exact) mass is 696 g/mol. The Morgan fingerprint density at radius 1 is 1.04 bits per heavy atom. The number of nitrogens with one attached hydrogen (secondary N) is 1. The van der Waals surface area contributed by atoms with Gasteiger partial charge in [-0.25, -0.2) is 14.4 Å². The summed E-state index contributed by atoms with van der Waals surface area (Å²) < 4.78 is 18.5. The Hall–Kier alpha value is -5.10. The molecule has 13 heteroatoms. The first-order valence-corrected chi connectivity index (χ1v) is 17.0. The predicted octanol–water partition coefficient (Wildman–Crippen LogP) is 6.24. The summed E-state index contributed by atoms with van der Waals surface area (Å²) in [7, 11) is 1.54. The molecule has 3 aromatic heterocycles. The lowest BCUT2D eigenvalue weighted by molar-refractivity contribution is -0.130. The topological polar surface area (TPSA) is 120 Å². The van der Waals surface area contributed by atoms with Gasteiger partial charge in [-0.15, -0.1) is 0 Å². The largest absolute Gasteiger partial charge is 0.354 e. The van der Waals surface area contributed by atoms with Gasteiger partial charge in [-0.1, -0.05) is 51.9 Å². The second-order valence-electron chi connectivity index (χ2n) is 13.8. The van der Waals surface area contributed by atoms with Crippen LogP contribution >= 0.6 is 11.6 Å². The van der Waals surface area contributed by atoms with Crippen molar-refractivity contribution in [2.75, 3.05) is 29.9 Å². The Morgan fingerprint density at radius 3 is 2.36 bits per heavy atom. The number of aryl methyl sites for hydroxylation is 1. The Bertz CT molecular complexity index is 2300. The quantitative estimate of drug-likeness (QED) is 0.216. The zero-order valence-electron chi connectivity index (χ0n) is 29.0. The van der Waals surface area contributed by atoms with E-state index in [0.717, 1.165) is 5.56 Å². The van der Waals surface area contributed by atoms with Gasteiger partial charge in [0.05, 0.1) is 51.6 Å². The number of rotatable bonds is 5. The normalized spacial score (nSPS) is 17.7. The third kappa shape index (κ3) is 4.75. The molecule has 258 valence electrons. The van der Waals surface area contributed by atoms with Crippen LogP contribution in [0.1, 0.15) is 63.4 Å². The maximum absolute atomic E-state index is 17.0. The van der Waals surface area contributed by atoms with E-state index in [-0.39, 0.29) is 64.6 Å². The molecule has 11 nitrogen and oxygen atoms in total. The average molecular weight is 697 g/mol. The number of amides is 2. The standard InChI is InChI=1S/C37H38ClFN8O3/c1-9-26(48)45-15-25-36(49)44(8)35-33(46(25)14-20(45)7)21-12-23(39)28(27-19(6)10-11-24-22(27)13-42-43-24)29(38)32(21)47(37(35)50)34-30(17(2)3)40-16-41-31(34)18(4)5/h9-13,16-18,20,25H,1,14-15H2,2-8H3,(H,42,43). The van der Waals surface area contributed by atoms with Crippen LogP contribution in [0, 0.1) is 12.7 Å². The van der Waals surface area contributed by atoms with Gasteiger partial charge in [0.25, 0.3) is 11.5 Å². The van der Waals surface area contributed by atoms with E-state index in [2.05, 4.69) is 26.7 Å². The number of H-pyrrole nitrogens is 1. The van der Waals surface area contributed by atoms with Gasteiger partial charge in [0.2, 0.25) is 5.91 Å². The van der Waals surface area contributed by atoms with Crippen molar-refractivity contribution in [3.05, 3.63) is 81.5 Å². The molecule has 2 aromatic carbocycles. The van der Waals surface area contributed by atoms with Crippen molar-refractivity contribution in [2.24, 2.45) is 0 Å². The van der Waals surface area contributed by atoms with E-state index in [0.29, 0.717) is 44.6 Å². The van der Waals surface area contributed by atoms with Crippen LogP contribution in [0.25, 0.3) is 38.6 Å². The zero-order valence-corrected chi connectivity index (χ0v) is 29.8. The van der Waals surface area contributed by atoms with Crippen LogP contribution in [0.3, 0.4) is 0 Å². The molecule has 0 saturated carbocycles. The molecular weight excluding hydrogens is 659 g/mol. The third-order valence-electron chi connectivity index (χ3n) is 10.0. The number of anilines is 2. The van der Waals surface area contributed by atoms with E-state index in [4.69, 9.17) is 11.6 Å². The molecule has 1 N–H and O–H groups in total. The van der Waals surface area contributed by atoms with E-state index in [1.165, 1.54) is 35.0 Å². The molecule has 2 aliphatic heterocycles. The fraction of sp³-hybridized carbons (Fsp3) is 0.351. The fourth-order valence-electron chi connectivity index (χ4n) is 7.61. The predicted molar refractivity (Wildman–Crippen MR) is 194 cm³/mol. The molecule has 2 atom stereocenters. The lowest BCUT2D eigenvalue weighted by Crippen LogP contribution is -2.66. The third-order valence-corrected chi connectivity index (χ3v) is 10.4. The summed E-state index contributed by atoms with van der Waals surface area (Å²) in [6.45, 7) is 15.6. The van der Waals surface area contributed by atoms with Gasteiger partial charge in [-0.2, -0.15) is 5.10 Å². The minimum absolute atomic E-state index is 0.0228. The summed E-state index contributed by atoms with van der Waals surface area (Å²) in [4.78, 5) is 56.2. The summed E-state index contributed by atoms with van der Waals surface area (Å²) in [6.07, 6.45) is 4.35. The lowest BCUT2D eigenvalue weighted by Gasteiger charge is -2.50. The summed E-state index contributed by atoms with van der Waals surface area (Å²) in [5, 5.41) is 8.20. The van der Waals surface area contributed by atoms with Crippen LogP contribution in [0.5, 0.6) is 0 Å². The van der Waals surface area contributed by atoms with Gasteiger partial charge in [0, 0.05) is 41.5 Å². The summed E-state index contributed by atoms with van der Waals surface area (Å²) >= 11 is 7.47. The van der Waals surface area contributed by atoms with Crippen LogP contribution in [-0.2, 0) is 9.59 Å². The highest BCUT2D eigenvalue weighted by Crippen LogP contribution is 2.48. The van der Waals surface area contributed by atoms with E-state index in [1.54, 1.807) is 11.1 Å². The van der Waals surface area contributed by atoms with Crippen molar-refractivity contribution >= 4 is 56.6 Å². The number of benzene rings is 2. The van der Waals surface area contributed by atoms with Gasteiger partial charge >= 0.3 is 0 Å². The zero-order chi connectivity index (χ0) is 35.9. The molecule has 1 saturated heterocycles. The summed E-state index contributed by atoms with van der Waals surface area (Å²) in [5.41, 5.74) is 4.01. The smallest absolute Gasteiger partial charge is 0.281 e. The number of carbonyl (C=O) groups excluding carboxylic acids is 2. The van der Waals surface area contributed by atoms with Crippen molar-refractivity contribution in [1.82, 2.24) is 29.6 Å². The summed E-state index contributed by atoms with van der Waals surface area (Å²) in [6, 6.07) is 3.97. The van der Waals surface area contributed by atoms with Crippen molar-refractivity contribution in [1.29, 1.82) is 0 Å². The molecule has 2 unspecified atom stereocenters. The number of pyridine rings is 1. The number of aromatic amines is 1. The van der Waals surface area contributed by atoms with Crippen LogP contribution in [0.4, 0.5) is 15.8 Å². The van der Waals surface area contributed by atoms with Gasteiger partial charge in [0.1, 0.15) is 23.9 Å². The van der Waals surface area contributed by atoms with Crippen molar-refractivity contribution in [3.8, 4) is 16.8 Å². The van der Waals surface area contributed by atoms with Crippen molar-refractivity contribution < 1.29 is 14.0 Å². The lowest BCUT2D eigenvalue weighted by atomic mass is 9.93. The SMILES string of the molecule is C=CC(=O)N1CC2C(=O)N(C)c3c(c4cc(F)c(-c5c(C)ccc6[nH]ncc56)c(Cl)c4n(-c4c(C(C)C)ncnc4C(C)C)c3=O)N2CC1C. The van der Waals surface area contributed by atoms with Crippen LogP contribution in [0.2, 0.25) is 5.02 Å². The maximum Gasteiger partial charge on any atom is 0.281 e. The minimum Gasteiger partial charge on any atom is -0.354 e. The Kier molecular flexibility index (Phi) is 8.05. The molecule has 50 heavy (non-hydrogen) atoms. The van der Waals surface area contributed by atoms with E-state index in [1.807, 2.05) is 58.6 Å². The van der Waals surface area contributed by atoms with Crippen LogP contribution < -0.4 is 15.4 Å². The van der Waals surface area contributed by atoms with Gasteiger partial charge in [-0.3, -0.25) is 24.0 Å². The number of hydrogen-bond acceptors (Lipinski definition) is 7. The van der Waals surface area contributed by atoms with Crippen molar-refractivity contribution in [2.45, 2.75) is 65.5 Å². The second kappa shape index (κ2) is 12.0. The molecule has 1 fully saturated rings. The fourth-order valence-corrected chi connectivity index (χ4v) is 7.98. The molecule has 2 amide bonds. The van der Waals surface area contributed by atoms with Crippen molar-refractivity contribution in [3.63, 3.8) is 0 Å². The molecule has 0 spiro atoms. The Morgan fingerprint density at radius 2 is 1.72 bits per heavy atom. The van der Waals surface area contributed by atoms with E-state index >= 15 is 9.18 Å². The van der Waals surface area contributed by atoms with Gasteiger partial charge < -0.3 is 14.7 Å². The first-order valence-electron chi connectivity index (χ1n) is 16.6. The van der Waals surface area contributed by atoms with Gasteiger partial charge in [-0.05, 0) is 49.5 Å². The number of hydrogen-bond donors (Lipinski definition) is 1. The average Bonchev–Trinajstić information content (AvgIpc) is 3.56. The summed E-state index contributed by atoms with van der Waals surface area (Å²) in [5.74, 6) is -1.54. The number of halogens is 2. The number of aromatic nitrogens is 5. The molecule has 7 rings (SSSR count). The maximum atomic E-state index is 17.0. The van der Waals surface area contributed by atoms with E-state index in [9.17, 15) is 9.59 Å². The van der Waals surface area contributed by atoms with Crippen LogP contribution in [0.15, 0.2) is 48.2 Å². The minimum atomic E-state index is -0.827. The highest BCUT2D eigenvalue weighted by Gasteiger charge is 2.46. The van der Waals surface area contributed by atoms with E-state index < -0.39 is 17.4 Å². The number of piperazine rings is 1. The highest BCUT2D eigenvalue weighted by molar-refractivity contribution is 6.39. The Balaban J connectivity index is 1.67. The Labute approximate surface area is 293 Å². The second-order valence-corrected chi connectivity index (χ2v) is 14.2. The molecular formula is C37H38ClFN8O3. The number of carbonyl (C=O) groups is 2. The van der Waals surface area contributed by atoms with Gasteiger partial charge in [0.15, 0.2) is 0 Å². The molecule has 0 aliphatic carbocycles. The van der Waals surface area contributed by atoms with Crippen LogP contribution in [-0.4, -0.2) is 73.7 Å². The first kappa shape index (κ1) is 33.4. The number of nitrogens with zero attached hydrogens (tertiary/aromatic N) is 7. The molecule has 5 aromatic rings. The number of fused-ring (bicyclic) bond motifs is 6. The molecule has 0 bridgehead atoms. The molecule has 0 radical (unpaired) electrons. The number of likely N-dealkylation sites (N-methyl/N-ethyl adjacent to an activating group) is 1. The molecule has 2 aliphatic rings. The highest BCUT2D eigenvalue weighted by atomic mass is 35.5. The first-order chi connectivity index (χ1) is 23.8.